The molecule has 7 nitrogen and oxygen atoms in total. The Bertz CT molecular complexity index is 689. The highest BCUT2D eigenvalue weighted by Gasteiger charge is 2.45. The average molecular weight is 625 g/mol. The molecule has 0 N–H and O–H groups in total. The third-order valence-electron chi connectivity index (χ3n) is 7.24. The zero-order valence-electron chi connectivity index (χ0n) is 25.8. The van der Waals surface area contributed by atoms with Gasteiger partial charge >= 0.3 is 17.4 Å². The van der Waals surface area contributed by atoms with Gasteiger partial charge in [0.1, 0.15) is 5.78 Å². The van der Waals surface area contributed by atoms with E-state index < -0.39 is 17.4 Å². The van der Waals surface area contributed by atoms with Gasteiger partial charge in [0.2, 0.25) is 0 Å². The third-order valence-corrected chi connectivity index (χ3v) is 14.1. The van der Waals surface area contributed by atoms with Crippen LogP contribution in [0, 0.1) is 11.3 Å². The van der Waals surface area contributed by atoms with Crippen molar-refractivity contribution in [3.8, 4) is 0 Å². The predicted octanol–water partition coefficient (Wildman–Crippen LogP) is 7.15. The number of ketones is 1. The highest BCUT2D eigenvalue weighted by Crippen LogP contribution is 2.47. The van der Waals surface area contributed by atoms with E-state index in [0.29, 0.717) is 43.7 Å². The Hall–Kier alpha value is 0.144. The molecule has 0 unspecified atom stereocenters. The molecule has 1 fully saturated rings. The van der Waals surface area contributed by atoms with E-state index in [4.69, 9.17) is 39.1 Å². The van der Waals surface area contributed by atoms with Crippen LogP contribution in [0.15, 0.2) is 0 Å². The lowest BCUT2D eigenvalue weighted by Gasteiger charge is -2.41. The van der Waals surface area contributed by atoms with Crippen molar-refractivity contribution < 1.29 is 31.7 Å². The van der Waals surface area contributed by atoms with Crippen molar-refractivity contribution in [2.45, 2.75) is 124 Å². The summed E-state index contributed by atoms with van der Waals surface area (Å²) in [7, 11) is -5.07. The molecule has 0 aromatic heterocycles. The lowest BCUT2D eigenvalue weighted by atomic mass is 9.66. The van der Waals surface area contributed by atoms with Gasteiger partial charge in [-0.2, -0.15) is 12.6 Å². The molecule has 1 aliphatic rings. The molecule has 0 bridgehead atoms. The van der Waals surface area contributed by atoms with Crippen LogP contribution in [0.1, 0.15) is 93.4 Å². The van der Waals surface area contributed by atoms with E-state index in [1.165, 1.54) is 0 Å². The zero-order chi connectivity index (χ0) is 29.5. The lowest BCUT2D eigenvalue weighted by molar-refractivity contribution is -0.122. The average Bonchev–Trinajstić information content (AvgIpc) is 2.85. The fourth-order valence-electron chi connectivity index (χ4n) is 5.70. The van der Waals surface area contributed by atoms with Crippen LogP contribution in [0.25, 0.3) is 0 Å². The summed E-state index contributed by atoms with van der Waals surface area (Å²) in [5.74, 6) is 0.631. The molecule has 1 saturated carbocycles. The summed E-state index contributed by atoms with van der Waals surface area (Å²) in [5.41, 5.74) is -0.0568. The standard InChI is InChI=1S/C28H56O7S2Si2/c1-9-31-39(32-10-2,33-11-3)20-17-28(15-13-25(14-16-28)26(29)22-36)21-27(37)30-18-12-19-38(8,34-23(4)5)35-24(6)7/h23-25,36H,9-22H2,1-8H3. The molecule has 1 rings (SSSR count). The van der Waals surface area contributed by atoms with Crippen molar-refractivity contribution in [2.24, 2.45) is 11.3 Å². The number of hydrogen-bond acceptors (Lipinski definition) is 9. The van der Waals surface area contributed by atoms with Crippen LogP contribution in [0.4, 0.5) is 0 Å². The molecule has 230 valence electrons. The van der Waals surface area contributed by atoms with Gasteiger partial charge in [0, 0.05) is 56.2 Å². The molecule has 0 aromatic carbocycles. The van der Waals surface area contributed by atoms with E-state index in [9.17, 15) is 4.79 Å². The van der Waals surface area contributed by atoms with Crippen molar-refractivity contribution in [1.82, 2.24) is 0 Å². The summed E-state index contributed by atoms with van der Waals surface area (Å²) in [6, 6.07) is 1.59. The third kappa shape index (κ3) is 13.8. The molecule has 0 saturated heterocycles. The highest BCUT2D eigenvalue weighted by atomic mass is 32.1. The minimum Gasteiger partial charge on any atom is -0.487 e. The Balaban J connectivity index is 2.88. The normalized spacial score (nSPS) is 20.5. The predicted molar refractivity (Wildman–Crippen MR) is 170 cm³/mol. The molecule has 1 aliphatic carbocycles. The van der Waals surface area contributed by atoms with Crippen LogP contribution in [0.5, 0.6) is 0 Å². The van der Waals surface area contributed by atoms with Crippen molar-refractivity contribution >= 4 is 53.0 Å². The van der Waals surface area contributed by atoms with Crippen LogP contribution in [0.3, 0.4) is 0 Å². The Morgan fingerprint density at radius 1 is 0.949 bits per heavy atom. The fourth-order valence-corrected chi connectivity index (χ4v) is 12.3. The van der Waals surface area contributed by atoms with E-state index in [-0.39, 0.29) is 29.3 Å². The number of carbonyl (C=O) groups is 1. The first kappa shape index (κ1) is 37.2. The zero-order valence-corrected chi connectivity index (χ0v) is 29.6. The number of thiol groups is 1. The van der Waals surface area contributed by atoms with Crippen molar-refractivity contribution in [3.05, 3.63) is 0 Å². The maximum atomic E-state index is 12.4. The monoisotopic (exact) mass is 624 g/mol. The molecule has 0 aromatic rings. The number of hydrogen-bond donors (Lipinski definition) is 1. The second kappa shape index (κ2) is 18.6. The van der Waals surface area contributed by atoms with E-state index in [1.54, 1.807) is 0 Å². The summed E-state index contributed by atoms with van der Waals surface area (Å²) in [5, 5.41) is 0.642. The Morgan fingerprint density at radius 3 is 1.90 bits per heavy atom. The molecule has 0 spiro atoms. The molecule has 0 heterocycles. The van der Waals surface area contributed by atoms with Crippen LogP contribution in [-0.2, 0) is 31.7 Å². The Kier molecular flexibility index (Phi) is 17.8. The van der Waals surface area contributed by atoms with Crippen molar-refractivity contribution in [1.29, 1.82) is 0 Å². The smallest absolute Gasteiger partial charge is 0.487 e. The van der Waals surface area contributed by atoms with Gasteiger partial charge in [-0.05, 0) is 117 Å². The second-order valence-corrected chi connectivity index (χ2v) is 18.1. The van der Waals surface area contributed by atoms with Crippen molar-refractivity contribution in [2.75, 3.05) is 32.2 Å². The number of Topliss-reactive ketones (excluding diaryl/α,β-unsaturated/α-hetero) is 1. The van der Waals surface area contributed by atoms with Crippen LogP contribution >= 0.6 is 24.8 Å². The first-order valence-electron chi connectivity index (χ1n) is 14.9. The summed E-state index contributed by atoms with van der Waals surface area (Å²) in [6.07, 6.45) is 6.23. The summed E-state index contributed by atoms with van der Waals surface area (Å²) in [6.45, 7) is 18.5. The quantitative estimate of drug-likeness (QED) is 0.0625. The Morgan fingerprint density at radius 2 is 1.46 bits per heavy atom. The molecular formula is C28H56O7S2Si2. The minimum absolute atomic E-state index is 0.0568. The second-order valence-electron chi connectivity index (χ2n) is 11.3. The van der Waals surface area contributed by atoms with Gasteiger partial charge in [0.15, 0.2) is 5.05 Å². The van der Waals surface area contributed by atoms with Gasteiger partial charge in [-0.3, -0.25) is 4.79 Å². The molecule has 11 heteroatoms. The molecule has 0 atom stereocenters. The topological polar surface area (TPSA) is 72.5 Å². The van der Waals surface area contributed by atoms with Gasteiger partial charge in [-0.1, -0.05) is 0 Å². The van der Waals surface area contributed by atoms with Gasteiger partial charge in [-0.15, -0.1) is 0 Å². The Labute approximate surface area is 251 Å². The number of rotatable bonds is 21. The SMILES string of the molecule is CCO[Si](CCC1(CC(=S)OCCC[Si](C)(OC(C)C)OC(C)C)CCC(C(=O)CS)CC1)(OCC)OCC. The first-order valence-corrected chi connectivity index (χ1v) is 20.4. The van der Waals surface area contributed by atoms with Gasteiger partial charge in [0.05, 0.1) is 6.61 Å². The van der Waals surface area contributed by atoms with E-state index >= 15 is 0 Å². The lowest BCUT2D eigenvalue weighted by Crippen LogP contribution is -2.47. The number of ether oxygens (including phenoxy) is 1. The molecule has 0 amide bonds. The van der Waals surface area contributed by atoms with Gasteiger partial charge < -0.3 is 26.9 Å². The maximum absolute atomic E-state index is 12.4. The van der Waals surface area contributed by atoms with E-state index in [2.05, 4.69) is 46.9 Å². The van der Waals surface area contributed by atoms with Crippen molar-refractivity contribution in [3.63, 3.8) is 0 Å². The van der Waals surface area contributed by atoms with Crippen LogP contribution in [0.2, 0.25) is 18.6 Å². The maximum Gasteiger partial charge on any atom is 0.500 e. The largest absolute Gasteiger partial charge is 0.500 e. The number of thiocarbonyl (C=S) groups is 1. The van der Waals surface area contributed by atoms with Gasteiger partial charge in [-0.25, -0.2) is 0 Å². The summed E-state index contributed by atoms with van der Waals surface area (Å²) < 4.78 is 37.0. The van der Waals surface area contributed by atoms with Crippen LogP contribution in [-0.4, -0.2) is 72.6 Å². The fraction of sp³-hybridized carbons (Fsp3) is 0.929. The summed E-state index contributed by atoms with van der Waals surface area (Å²) in [4.78, 5) is 12.4. The van der Waals surface area contributed by atoms with Gasteiger partial charge in [0.25, 0.3) is 0 Å². The number of carbonyl (C=O) groups excluding carboxylic acids is 1. The minimum atomic E-state index is -2.79. The first-order chi connectivity index (χ1) is 18.4. The molecular weight excluding hydrogens is 569 g/mol. The molecule has 39 heavy (non-hydrogen) atoms. The van der Waals surface area contributed by atoms with Crippen LogP contribution < -0.4 is 0 Å². The molecule has 0 aliphatic heterocycles. The van der Waals surface area contributed by atoms with E-state index in [0.717, 1.165) is 50.6 Å². The molecule has 0 radical (unpaired) electrons. The van der Waals surface area contributed by atoms with E-state index in [1.807, 2.05) is 20.8 Å². The highest BCUT2D eigenvalue weighted by molar-refractivity contribution is 7.81. The summed E-state index contributed by atoms with van der Waals surface area (Å²) >= 11 is 10.0.